The van der Waals surface area contributed by atoms with E-state index in [4.69, 9.17) is 14.2 Å². The second-order valence-corrected chi connectivity index (χ2v) is 11.0. The normalized spacial score (nSPS) is 23.4. The molecule has 43 heavy (non-hydrogen) atoms. The number of carbonyl (C=O) groups is 2. The van der Waals surface area contributed by atoms with Gasteiger partial charge in [-0.1, -0.05) is 43.3 Å². The minimum absolute atomic E-state index is 0.0235. The second-order valence-electron chi connectivity index (χ2n) is 11.0. The van der Waals surface area contributed by atoms with Crippen molar-refractivity contribution in [2.24, 2.45) is 5.92 Å². The lowest BCUT2D eigenvalue weighted by Crippen LogP contribution is -2.51. The van der Waals surface area contributed by atoms with Crippen LogP contribution in [0.2, 0.25) is 0 Å². The topological polar surface area (TPSA) is 126 Å². The van der Waals surface area contributed by atoms with Crippen LogP contribution in [0.25, 0.3) is 0 Å². The summed E-state index contributed by atoms with van der Waals surface area (Å²) in [6, 6.07) is 17.0. The molecule has 5 rings (SSSR count). The zero-order valence-corrected chi connectivity index (χ0v) is 24.8. The number of nitrogens with zero attached hydrogens (tertiary/aromatic N) is 4. The van der Waals surface area contributed by atoms with Crippen LogP contribution in [0.15, 0.2) is 67.0 Å². The second kappa shape index (κ2) is 14.0. The summed E-state index contributed by atoms with van der Waals surface area (Å²) in [6.07, 6.45) is 1.54. The lowest BCUT2D eigenvalue weighted by molar-refractivity contribution is -0.276. The Morgan fingerprint density at radius 3 is 2.42 bits per heavy atom. The van der Waals surface area contributed by atoms with Gasteiger partial charge in [0, 0.05) is 69.2 Å². The summed E-state index contributed by atoms with van der Waals surface area (Å²) in [5.74, 6) is -0.155. The Kier molecular flexibility index (Phi) is 9.98. The molecule has 0 radical (unpaired) electrons. The first-order chi connectivity index (χ1) is 20.8. The van der Waals surface area contributed by atoms with E-state index in [0.29, 0.717) is 5.69 Å². The third-order valence-electron chi connectivity index (χ3n) is 7.91. The molecule has 2 aliphatic rings. The molecule has 1 aromatic heterocycles. The Bertz CT molecular complexity index is 1370. The highest BCUT2D eigenvalue weighted by Gasteiger charge is 2.39. The van der Waals surface area contributed by atoms with Crippen molar-refractivity contribution in [2.45, 2.75) is 52.0 Å². The molecular weight excluding hydrogens is 550 g/mol. The van der Waals surface area contributed by atoms with Crippen LogP contribution in [0.3, 0.4) is 0 Å². The number of benzene rings is 2. The highest BCUT2D eigenvalue weighted by Crippen LogP contribution is 2.42. The smallest absolute Gasteiger partial charge is 0.303 e. The molecule has 11 nitrogen and oxygen atoms in total. The molecule has 2 fully saturated rings. The van der Waals surface area contributed by atoms with Crippen LogP contribution in [0.4, 0.5) is 11.6 Å². The number of aliphatic hydroxyl groups excluding tert-OH is 1. The van der Waals surface area contributed by atoms with Crippen molar-refractivity contribution in [1.82, 2.24) is 14.9 Å². The van der Waals surface area contributed by atoms with Gasteiger partial charge in [0.15, 0.2) is 12.4 Å². The SMILES string of the molecule is CC(=O)OC(C)C(=O)Nc1cccc(C2OC(CN3CCN(c4ncccn4)CC3)C(C)C(c3ccc(CO)cc3)O2)c1. The first-order valence-corrected chi connectivity index (χ1v) is 14.6. The molecule has 5 atom stereocenters. The number of nitrogens with one attached hydrogen (secondary N) is 1. The number of aliphatic hydroxyl groups is 1. The van der Waals surface area contributed by atoms with Gasteiger partial charge in [-0.2, -0.15) is 0 Å². The van der Waals surface area contributed by atoms with E-state index in [1.807, 2.05) is 48.5 Å². The Labute approximate surface area is 251 Å². The van der Waals surface area contributed by atoms with E-state index in [9.17, 15) is 14.7 Å². The summed E-state index contributed by atoms with van der Waals surface area (Å²) in [5, 5.41) is 12.4. The molecule has 11 heteroatoms. The maximum absolute atomic E-state index is 12.6. The van der Waals surface area contributed by atoms with Gasteiger partial charge in [0.1, 0.15) is 0 Å². The monoisotopic (exact) mass is 589 g/mol. The van der Waals surface area contributed by atoms with Gasteiger partial charge >= 0.3 is 5.97 Å². The number of rotatable bonds is 9. The number of hydrogen-bond acceptors (Lipinski definition) is 10. The van der Waals surface area contributed by atoms with E-state index in [0.717, 1.165) is 55.4 Å². The van der Waals surface area contributed by atoms with Gasteiger partial charge in [0.2, 0.25) is 5.95 Å². The van der Waals surface area contributed by atoms with Gasteiger partial charge in [0.05, 0.1) is 18.8 Å². The Morgan fingerprint density at radius 1 is 1.02 bits per heavy atom. The molecule has 3 heterocycles. The summed E-state index contributed by atoms with van der Waals surface area (Å²) < 4.78 is 18.2. The predicted molar refractivity (Wildman–Crippen MR) is 160 cm³/mol. The number of anilines is 2. The Hall–Kier alpha value is -3.90. The van der Waals surface area contributed by atoms with Crippen molar-refractivity contribution in [3.05, 3.63) is 83.7 Å². The molecule has 1 amide bonds. The van der Waals surface area contributed by atoms with Crippen LogP contribution in [0.5, 0.6) is 0 Å². The predicted octanol–water partition coefficient (Wildman–Crippen LogP) is 3.47. The largest absolute Gasteiger partial charge is 0.453 e. The minimum atomic E-state index is -0.922. The molecule has 0 bridgehead atoms. The molecule has 3 aromatic rings. The number of esters is 1. The number of carbonyl (C=O) groups excluding carboxylic acids is 2. The molecule has 0 aliphatic carbocycles. The van der Waals surface area contributed by atoms with E-state index in [1.165, 1.54) is 13.8 Å². The lowest BCUT2D eigenvalue weighted by atomic mass is 9.90. The van der Waals surface area contributed by atoms with Crippen molar-refractivity contribution in [2.75, 3.05) is 42.9 Å². The minimum Gasteiger partial charge on any atom is -0.453 e. The number of ether oxygens (including phenoxy) is 3. The third kappa shape index (κ3) is 7.74. The van der Waals surface area contributed by atoms with Gasteiger partial charge < -0.3 is 29.5 Å². The van der Waals surface area contributed by atoms with E-state index in [-0.39, 0.29) is 24.7 Å². The van der Waals surface area contributed by atoms with Crippen LogP contribution in [0.1, 0.15) is 49.9 Å². The fraction of sp³-hybridized carbons (Fsp3) is 0.438. The Morgan fingerprint density at radius 2 is 1.74 bits per heavy atom. The van der Waals surface area contributed by atoms with Crippen molar-refractivity contribution >= 4 is 23.5 Å². The number of piperazine rings is 1. The van der Waals surface area contributed by atoms with E-state index < -0.39 is 24.3 Å². The van der Waals surface area contributed by atoms with Crippen LogP contribution < -0.4 is 10.2 Å². The Balaban J connectivity index is 1.32. The summed E-state index contributed by atoms with van der Waals surface area (Å²) in [7, 11) is 0. The maximum atomic E-state index is 12.6. The molecule has 0 spiro atoms. The maximum Gasteiger partial charge on any atom is 0.303 e. The molecule has 2 N–H and O–H groups in total. The third-order valence-corrected chi connectivity index (χ3v) is 7.91. The zero-order chi connectivity index (χ0) is 30.3. The molecule has 2 saturated heterocycles. The number of aromatic nitrogens is 2. The fourth-order valence-electron chi connectivity index (χ4n) is 5.48. The van der Waals surface area contributed by atoms with Crippen molar-refractivity contribution in [1.29, 1.82) is 0 Å². The molecule has 2 aromatic carbocycles. The average Bonchev–Trinajstić information content (AvgIpc) is 3.02. The van der Waals surface area contributed by atoms with Crippen LogP contribution in [0, 0.1) is 5.92 Å². The summed E-state index contributed by atoms with van der Waals surface area (Å²) in [4.78, 5) is 37.2. The number of amides is 1. The van der Waals surface area contributed by atoms with Crippen LogP contribution in [-0.2, 0) is 30.4 Å². The summed E-state index contributed by atoms with van der Waals surface area (Å²) in [6.45, 7) is 9.00. The average molecular weight is 590 g/mol. The van der Waals surface area contributed by atoms with Crippen LogP contribution >= 0.6 is 0 Å². The zero-order valence-electron chi connectivity index (χ0n) is 24.8. The van der Waals surface area contributed by atoms with Crippen molar-refractivity contribution in [3.8, 4) is 0 Å². The fourth-order valence-corrected chi connectivity index (χ4v) is 5.48. The van der Waals surface area contributed by atoms with Gasteiger partial charge in [-0.3, -0.25) is 14.5 Å². The van der Waals surface area contributed by atoms with Crippen molar-refractivity contribution < 1.29 is 28.9 Å². The molecule has 5 unspecified atom stereocenters. The highest BCUT2D eigenvalue weighted by atomic mass is 16.7. The van der Waals surface area contributed by atoms with E-state index in [1.54, 1.807) is 18.5 Å². The summed E-state index contributed by atoms with van der Waals surface area (Å²) >= 11 is 0. The van der Waals surface area contributed by atoms with E-state index in [2.05, 4.69) is 32.0 Å². The van der Waals surface area contributed by atoms with E-state index >= 15 is 0 Å². The van der Waals surface area contributed by atoms with Gasteiger partial charge in [-0.25, -0.2) is 9.97 Å². The lowest BCUT2D eigenvalue weighted by Gasteiger charge is -2.44. The quantitative estimate of drug-likeness (QED) is 0.358. The van der Waals surface area contributed by atoms with Gasteiger partial charge in [-0.15, -0.1) is 0 Å². The highest BCUT2D eigenvalue weighted by molar-refractivity contribution is 5.95. The first-order valence-electron chi connectivity index (χ1n) is 14.6. The molecule has 2 aliphatic heterocycles. The van der Waals surface area contributed by atoms with Crippen molar-refractivity contribution in [3.63, 3.8) is 0 Å². The van der Waals surface area contributed by atoms with Gasteiger partial charge in [-0.05, 0) is 36.2 Å². The molecule has 228 valence electrons. The van der Waals surface area contributed by atoms with Crippen LogP contribution in [-0.4, -0.2) is 76.8 Å². The van der Waals surface area contributed by atoms with Gasteiger partial charge in [0.25, 0.3) is 5.91 Å². The standard InChI is InChI=1S/C32H39N5O6/c1-21-28(19-36-14-16-37(17-15-36)32-33-12-5-13-34-32)42-31(43-29(21)25-10-8-24(20-38)9-11-25)26-6-4-7-27(18-26)35-30(40)22(2)41-23(3)39/h4-13,18,21-22,28-29,31,38H,14-17,19-20H2,1-3H3,(H,35,40). The summed E-state index contributed by atoms with van der Waals surface area (Å²) in [5.41, 5.74) is 3.15. The molecule has 0 saturated carbocycles. The number of hydrogen-bond donors (Lipinski definition) is 2. The molecular formula is C32H39N5O6. The first kappa shape index (κ1) is 30.6.